The van der Waals surface area contributed by atoms with Crippen LogP contribution in [0.4, 0.5) is 0 Å². The second kappa shape index (κ2) is 8.23. The van der Waals surface area contributed by atoms with Gasteiger partial charge in [0.1, 0.15) is 5.75 Å². The summed E-state index contributed by atoms with van der Waals surface area (Å²) in [5.41, 5.74) is 3.09. The highest BCUT2D eigenvalue weighted by Crippen LogP contribution is 2.27. The fourth-order valence-corrected chi connectivity index (χ4v) is 3.74. The molecule has 0 aliphatic rings. The smallest absolute Gasteiger partial charge is 0.252 e. The summed E-state index contributed by atoms with van der Waals surface area (Å²) in [6.45, 7) is 3.07. The minimum Gasteiger partial charge on any atom is -0.494 e. The van der Waals surface area contributed by atoms with Crippen LogP contribution in [-0.4, -0.2) is 17.5 Å². The van der Waals surface area contributed by atoms with E-state index in [1.165, 1.54) is 0 Å². The molecule has 0 unspecified atom stereocenters. The van der Waals surface area contributed by atoms with Gasteiger partial charge in [0.05, 0.1) is 29.9 Å². The van der Waals surface area contributed by atoms with Crippen molar-refractivity contribution in [2.75, 3.05) is 6.61 Å². The molecule has 4 nitrogen and oxygen atoms in total. The van der Waals surface area contributed by atoms with E-state index in [1.807, 2.05) is 79.0 Å². The first-order valence-corrected chi connectivity index (χ1v) is 10.1. The summed E-state index contributed by atoms with van der Waals surface area (Å²) in [5, 5.41) is 5.87. The van der Waals surface area contributed by atoms with Gasteiger partial charge in [0.2, 0.25) is 0 Å². The molecule has 2 heterocycles. The van der Waals surface area contributed by atoms with E-state index in [1.54, 1.807) is 11.3 Å². The van der Waals surface area contributed by atoms with Crippen LogP contribution in [0.15, 0.2) is 72.1 Å². The lowest BCUT2D eigenvalue weighted by atomic mass is 10.0. The Labute approximate surface area is 167 Å². The fraction of sp³-hybridized carbons (Fsp3) is 0.130. The van der Waals surface area contributed by atoms with Crippen LogP contribution in [0, 0.1) is 0 Å². The third-order valence-electron chi connectivity index (χ3n) is 4.40. The number of rotatable bonds is 6. The van der Waals surface area contributed by atoms with E-state index in [-0.39, 0.29) is 5.91 Å². The number of hydrogen-bond acceptors (Lipinski definition) is 4. The number of thiophene rings is 1. The van der Waals surface area contributed by atoms with E-state index < -0.39 is 0 Å². The van der Waals surface area contributed by atoms with Crippen LogP contribution >= 0.6 is 11.3 Å². The SMILES string of the molecule is CCOc1cccc(-c2cc(C(=O)NCc3cccs3)c3ccccc3n2)c1. The summed E-state index contributed by atoms with van der Waals surface area (Å²) < 4.78 is 5.61. The zero-order valence-electron chi connectivity index (χ0n) is 15.5. The Kier molecular flexibility index (Phi) is 5.35. The number of pyridine rings is 1. The third kappa shape index (κ3) is 3.89. The number of aromatic nitrogens is 1. The highest BCUT2D eigenvalue weighted by molar-refractivity contribution is 7.09. The predicted molar refractivity (Wildman–Crippen MR) is 114 cm³/mol. The molecule has 2 aromatic heterocycles. The molecule has 0 bridgehead atoms. The Bertz CT molecular complexity index is 1110. The molecule has 1 amide bonds. The molecule has 0 saturated carbocycles. The molecule has 4 rings (SSSR count). The Hall–Kier alpha value is -3.18. The van der Waals surface area contributed by atoms with Crippen molar-refractivity contribution >= 4 is 28.1 Å². The van der Waals surface area contributed by atoms with Gasteiger partial charge >= 0.3 is 0 Å². The van der Waals surface area contributed by atoms with Gasteiger partial charge in [-0.1, -0.05) is 36.4 Å². The summed E-state index contributed by atoms with van der Waals surface area (Å²) in [4.78, 5) is 18.8. The van der Waals surface area contributed by atoms with Crippen LogP contribution in [0.5, 0.6) is 5.75 Å². The molecule has 140 valence electrons. The summed E-state index contributed by atoms with van der Waals surface area (Å²) in [7, 11) is 0. The number of hydrogen-bond donors (Lipinski definition) is 1. The largest absolute Gasteiger partial charge is 0.494 e. The number of carbonyl (C=O) groups is 1. The van der Waals surface area contributed by atoms with Crippen LogP contribution in [0.25, 0.3) is 22.2 Å². The summed E-state index contributed by atoms with van der Waals surface area (Å²) in [5.74, 6) is 0.688. The minimum atomic E-state index is -0.103. The maximum atomic E-state index is 12.9. The van der Waals surface area contributed by atoms with Crippen molar-refractivity contribution < 1.29 is 9.53 Å². The van der Waals surface area contributed by atoms with Crippen molar-refractivity contribution in [2.45, 2.75) is 13.5 Å². The number of fused-ring (bicyclic) bond motifs is 1. The van der Waals surface area contributed by atoms with E-state index >= 15 is 0 Å². The number of nitrogens with zero attached hydrogens (tertiary/aromatic N) is 1. The summed E-state index contributed by atoms with van der Waals surface area (Å²) in [6, 6.07) is 21.4. The fourth-order valence-electron chi connectivity index (χ4n) is 3.10. The normalized spacial score (nSPS) is 10.8. The number of amides is 1. The molecular weight excluding hydrogens is 368 g/mol. The van der Waals surface area contributed by atoms with Gasteiger partial charge in [-0.15, -0.1) is 11.3 Å². The monoisotopic (exact) mass is 388 g/mol. The Morgan fingerprint density at radius 1 is 1.07 bits per heavy atom. The Morgan fingerprint density at radius 3 is 2.79 bits per heavy atom. The molecule has 5 heteroatoms. The molecule has 28 heavy (non-hydrogen) atoms. The first-order valence-electron chi connectivity index (χ1n) is 9.18. The van der Waals surface area contributed by atoms with Gasteiger partial charge in [-0.3, -0.25) is 4.79 Å². The second-order valence-electron chi connectivity index (χ2n) is 6.30. The number of ether oxygens (including phenoxy) is 1. The van der Waals surface area contributed by atoms with Gasteiger partial charge in [-0.25, -0.2) is 4.98 Å². The van der Waals surface area contributed by atoms with Crippen LogP contribution < -0.4 is 10.1 Å². The lowest BCUT2D eigenvalue weighted by Crippen LogP contribution is -2.22. The van der Waals surface area contributed by atoms with E-state index in [9.17, 15) is 4.79 Å². The van der Waals surface area contributed by atoms with Gasteiger partial charge in [0.25, 0.3) is 5.91 Å². The number of nitrogens with one attached hydrogen (secondary N) is 1. The summed E-state index contributed by atoms with van der Waals surface area (Å²) >= 11 is 1.63. The lowest BCUT2D eigenvalue weighted by molar-refractivity contribution is 0.0953. The van der Waals surface area contributed by atoms with Crippen LogP contribution in [-0.2, 0) is 6.54 Å². The Balaban J connectivity index is 1.73. The van der Waals surface area contributed by atoms with E-state index in [2.05, 4.69) is 5.32 Å². The molecule has 0 fully saturated rings. The average Bonchev–Trinajstić information content (AvgIpc) is 3.25. The van der Waals surface area contributed by atoms with E-state index in [0.717, 1.165) is 32.8 Å². The highest BCUT2D eigenvalue weighted by Gasteiger charge is 2.14. The first-order chi connectivity index (χ1) is 13.7. The number of carbonyl (C=O) groups excluding carboxylic acids is 1. The average molecular weight is 388 g/mol. The van der Waals surface area contributed by atoms with Gasteiger partial charge in [-0.05, 0) is 42.6 Å². The van der Waals surface area contributed by atoms with Crippen LogP contribution in [0.1, 0.15) is 22.2 Å². The van der Waals surface area contributed by atoms with Gasteiger partial charge in [0, 0.05) is 15.8 Å². The maximum absolute atomic E-state index is 12.9. The van der Waals surface area contributed by atoms with Crippen molar-refractivity contribution in [3.63, 3.8) is 0 Å². The van der Waals surface area contributed by atoms with E-state index in [0.29, 0.717) is 18.7 Å². The highest BCUT2D eigenvalue weighted by atomic mass is 32.1. The molecule has 0 aliphatic heterocycles. The van der Waals surface area contributed by atoms with Gasteiger partial charge < -0.3 is 10.1 Å². The van der Waals surface area contributed by atoms with E-state index in [4.69, 9.17) is 9.72 Å². The quantitative estimate of drug-likeness (QED) is 0.488. The van der Waals surface area contributed by atoms with Crippen molar-refractivity contribution in [3.8, 4) is 17.0 Å². The topological polar surface area (TPSA) is 51.2 Å². The number of benzene rings is 2. The molecule has 0 atom stereocenters. The minimum absolute atomic E-state index is 0.103. The predicted octanol–water partition coefficient (Wildman–Crippen LogP) is 5.29. The molecule has 1 N–H and O–H groups in total. The molecule has 0 radical (unpaired) electrons. The van der Waals surface area contributed by atoms with Crippen molar-refractivity contribution in [2.24, 2.45) is 0 Å². The van der Waals surface area contributed by atoms with Crippen molar-refractivity contribution in [1.82, 2.24) is 10.3 Å². The molecule has 0 spiro atoms. The Morgan fingerprint density at radius 2 is 1.96 bits per heavy atom. The number of para-hydroxylation sites is 1. The van der Waals surface area contributed by atoms with Gasteiger partial charge in [-0.2, -0.15) is 0 Å². The zero-order chi connectivity index (χ0) is 19.3. The standard InChI is InChI=1S/C23H20N2O2S/c1-2-27-17-8-5-7-16(13-17)22-14-20(19-10-3-4-11-21(19)25-22)23(26)24-15-18-9-6-12-28-18/h3-14H,2,15H2,1H3,(H,24,26). The van der Waals surface area contributed by atoms with Crippen LogP contribution in [0.2, 0.25) is 0 Å². The zero-order valence-corrected chi connectivity index (χ0v) is 16.3. The lowest BCUT2D eigenvalue weighted by Gasteiger charge is -2.11. The van der Waals surface area contributed by atoms with Crippen molar-refractivity contribution in [3.05, 3.63) is 82.6 Å². The second-order valence-corrected chi connectivity index (χ2v) is 7.33. The van der Waals surface area contributed by atoms with Crippen molar-refractivity contribution in [1.29, 1.82) is 0 Å². The molecule has 2 aromatic carbocycles. The molecule has 4 aromatic rings. The summed E-state index contributed by atoms with van der Waals surface area (Å²) in [6.07, 6.45) is 0. The first kappa shape index (κ1) is 18.2. The molecular formula is C23H20N2O2S. The maximum Gasteiger partial charge on any atom is 0.252 e. The van der Waals surface area contributed by atoms with Crippen LogP contribution in [0.3, 0.4) is 0 Å². The molecule has 0 aliphatic carbocycles. The third-order valence-corrected chi connectivity index (χ3v) is 5.28. The van der Waals surface area contributed by atoms with Gasteiger partial charge in [0.15, 0.2) is 0 Å². The molecule has 0 saturated heterocycles.